The lowest BCUT2D eigenvalue weighted by Gasteiger charge is -2.24. The maximum atomic E-state index is 11.7. The van der Waals surface area contributed by atoms with Crippen LogP contribution in [0.2, 0.25) is 0 Å². The molecule has 0 aromatic rings. The molecular formula is C12H21N3O4. The van der Waals surface area contributed by atoms with Crippen molar-refractivity contribution in [2.75, 3.05) is 33.4 Å². The van der Waals surface area contributed by atoms with Gasteiger partial charge in [0.2, 0.25) is 0 Å². The summed E-state index contributed by atoms with van der Waals surface area (Å²) in [6, 6.07) is 0.204. The Morgan fingerprint density at radius 1 is 1.47 bits per heavy atom. The van der Waals surface area contributed by atoms with E-state index in [2.05, 4.69) is 15.5 Å². The van der Waals surface area contributed by atoms with Crippen molar-refractivity contribution < 1.29 is 19.4 Å². The van der Waals surface area contributed by atoms with Gasteiger partial charge in [0.25, 0.3) is 0 Å². The Balaban J connectivity index is 1.72. The topological polar surface area (TPSA) is 90.9 Å². The minimum atomic E-state index is -1.27. The van der Waals surface area contributed by atoms with Crippen LogP contribution >= 0.6 is 0 Å². The zero-order chi connectivity index (χ0) is 13.9. The molecule has 2 amide bonds. The molecule has 3 N–H and O–H groups in total. The number of hydrogen-bond donors (Lipinski definition) is 3. The average Bonchev–Trinajstić information content (AvgIpc) is 3.10. The summed E-state index contributed by atoms with van der Waals surface area (Å²) < 4.78 is 5.07. The van der Waals surface area contributed by atoms with Gasteiger partial charge in [-0.1, -0.05) is 0 Å². The molecule has 108 valence electrons. The smallest absolute Gasteiger partial charge is 0.332 e. The van der Waals surface area contributed by atoms with Crippen molar-refractivity contribution in [3.63, 3.8) is 0 Å². The highest BCUT2D eigenvalue weighted by atomic mass is 16.5. The molecular weight excluding hydrogens is 250 g/mol. The summed E-state index contributed by atoms with van der Waals surface area (Å²) in [6.45, 7) is 1.67. The Labute approximate surface area is 112 Å². The molecule has 1 unspecified atom stereocenters. The number of hydrogen-bond acceptors (Lipinski definition) is 4. The fourth-order valence-corrected chi connectivity index (χ4v) is 2.19. The van der Waals surface area contributed by atoms with Crippen molar-refractivity contribution in [3.05, 3.63) is 0 Å². The number of amides is 2. The summed E-state index contributed by atoms with van der Waals surface area (Å²) in [7, 11) is 2.03. The zero-order valence-corrected chi connectivity index (χ0v) is 11.1. The van der Waals surface area contributed by atoms with Gasteiger partial charge in [0.15, 0.2) is 5.54 Å². The van der Waals surface area contributed by atoms with Crippen molar-refractivity contribution in [1.29, 1.82) is 0 Å². The van der Waals surface area contributed by atoms with Gasteiger partial charge in [-0.05, 0) is 19.9 Å². The van der Waals surface area contributed by atoms with Gasteiger partial charge in [-0.25, -0.2) is 9.59 Å². The summed E-state index contributed by atoms with van der Waals surface area (Å²) in [5.41, 5.74) is -1.27. The third-order valence-electron chi connectivity index (χ3n) is 3.70. The van der Waals surface area contributed by atoms with Crippen LogP contribution in [0, 0.1) is 0 Å². The van der Waals surface area contributed by atoms with Crippen LogP contribution < -0.4 is 10.6 Å². The number of carbonyl (C=O) groups excluding carboxylic acids is 1. The molecule has 7 heteroatoms. The number of nitrogens with zero attached hydrogens (tertiary/aromatic N) is 1. The number of urea groups is 1. The first kappa shape index (κ1) is 14.1. The zero-order valence-electron chi connectivity index (χ0n) is 11.1. The van der Waals surface area contributed by atoms with Crippen LogP contribution in [-0.2, 0) is 9.53 Å². The summed E-state index contributed by atoms with van der Waals surface area (Å²) in [5, 5.41) is 14.4. The monoisotopic (exact) mass is 271 g/mol. The molecule has 7 nitrogen and oxygen atoms in total. The van der Waals surface area contributed by atoms with E-state index in [1.807, 2.05) is 7.05 Å². The SMILES string of the molecule is CN(CCNC(=O)NC1(C(=O)O)CCOC1)C1CC1. The van der Waals surface area contributed by atoms with Gasteiger partial charge in [0.1, 0.15) is 0 Å². The molecule has 0 spiro atoms. The number of carboxylic acids is 1. The van der Waals surface area contributed by atoms with Crippen molar-refractivity contribution in [2.24, 2.45) is 0 Å². The van der Waals surface area contributed by atoms with E-state index in [1.54, 1.807) is 0 Å². The van der Waals surface area contributed by atoms with E-state index in [4.69, 9.17) is 4.74 Å². The molecule has 1 saturated heterocycles. The number of aliphatic carboxylic acids is 1. The van der Waals surface area contributed by atoms with Crippen molar-refractivity contribution >= 4 is 12.0 Å². The molecule has 2 rings (SSSR count). The summed E-state index contributed by atoms with van der Waals surface area (Å²) in [6.07, 6.45) is 2.75. The first-order valence-corrected chi connectivity index (χ1v) is 6.61. The van der Waals surface area contributed by atoms with E-state index in [0.717, 1.165) is 6.54 Å². The van der Waals surface area contributed by atoms with E-state index in [0.29, 0.717) is 25.6 Å². The highest BCUT2D eigenvalue weighted by Crippen LogP contribution is 2.24. The van der Waals surface area contributed by atoms with E-state index >= 15 is 0 Å². The lowest BCUT2D eigenvalue weighted by atomic mass is 9.99. The molecule has 1 aliphatic carbocycles. The minimum absolute atomic E-state index is 0.0255. The molecule has 2 fully saturated rings. The van der Waals surface area contributed by atoms with E-state index in [9.17, 15) is 14.7 Å². The molecule has 2 aliphatic rings. The summed E-state index contributed by atoms with van der Waals surface area (Å²) in [5.74, 6) is -1.05. The van der Waals surface area contributed by atoms with Crippen LogP contribution in [-0.4, -0.2) is 66.9 Å². The number of ether oxygens (including phenoxy) is 1. The van der Waals surface area contributed by atoms with Gasteiger partial charge >= 0.3 is 12.0 Å². The van der Waals surface area contributed by atoms with Gasteiger partial charge in [-0.3, -0.25) is 0 Å². The molecule has 0 aromatic carbocycles. The second kappa shape index (κ2) is 5.75. The molecule has 1 aliphatic heterocycles. The molecule has 1 atom stereocenters. The Morgan fingerprint density at radius 2 is 2.21 bits per heavy atom. The van der Waals surface area contributed by atoms with Crippen LogP contribution in [0.25, 0.3) is 0 Å². The first-order chi connectivity index (χ1) is 9.03. The number of nitrogens with one attached hydrogen (secondary N) is 2. The number of likely N-dealkylation sites (N-methyl/N-ethyl adjacent to an activating group) is 1. The molecule has 0 radical (unpaired) electrons. The molecule has 0 bridgehead atoms. The van der Waals surface area contributed by atoms with E-state index in [1.165, 1.54) is 12.8 Å². The third kappa shape index (κ3) is 3.57. The van der Waals surface area contributed by atoms with Gasteiger partial charge in [-0.2, -0.15) is 0 Å². The van der Waals surface area contributed by atoms with Gasteiger partial charge in [0, 0.05) is 32.2 Å². The predicted molar refractivity (Wildman–Crippen MR) is 68.0 cm³/mol. The lowest BCUT2D eigenvalue weighted by molar-refractivity contribution is -0.144. The molecule has 1 heterocycles. The largest absolute Gasteiger partial charge is 0.479 e. The molecule has 0 aromatic heterocycles. The first-order valence-electron chi connectivity index (χ1n) is 6.61. The van der Waals surface area contributed by atoms with Crippen LogP contribution in [0.3, 0.4) is 0 Å². The fraction of sp³-hybridized carbons (Fsp3) is 0.833. The number of carboxylic acid groups (broad SMARTS) is 1. The van der Waals surface area contributed by atoms with Crippen molar-refractivity contribution in [2.45, 2.75) is 30.8 Å². The Bertz CT molecular complexity index is 351. The van der Waals surface area contributed by atoms with Gasteiger partial charge in [-0.15, -0.1) is 0 Å². The Morgan fingerprint density at radius 3 is 2.74 bits per heavy atom. The van der Waals surface area contributed by atoms with Gasteiger partial charge < -0.3 is 25.4 Å². The van der Waals surface area contributed by atoms with E-state index in [-0.39, 0.29) is 6.61 Å². The van der Waals surface area contributed by atoms with Crippen LogP contribution in [0.4, 0.5) is 4.79 Å². The maximum Gasteiger partial charge on any atom is 0.332 e. The number of rotatable bonds is 6. The average molecular weight is 271 g/mol. The summed E-state index contributed by atoms with van der Waals surface area (Å²) in [4.78, 5) is 25.1. The fourth-order valence-electron chi connectivity index (χ4n) is 2.19. The van der Waals surface area contributed by atoms with Crippen LogP contribution in [0.1, 0.15) is 19.3 Å². The molecule has 19 heavy (non-hydrogen) atoms. The minimum Gasteiger partial charge on any atom is -0.479 e. The third-order valence-corrected chi connectivity index (χ3v) is 3.70. The predicted octanol–water partition coefficient (Wildman–Crippen LogP) is -0.376. The molecule has 1 saturated carbocycles. The second-order valence-corrected chi connectivity index (χ2v) is 5.28. The van der Waals surface area contributed by atoms with E-state index < -0.39 is 17.5 Å². The Hall–Kier alpha value is -1.34. The quantitative estimate of drug-likeness (QED) is 0.613. The standard InChI is InChI=1S/C12H21N3O4/c1-15(9-2-3-9)6-5-13-11(18)14-12(10(16)17)4-7-19-8-12/h9H,2-8H2,1H3,(H,16,17)(H2,13,14,18). The Kier molecular flexibility index (Phi) is 4.26. The second-order valence-electron chi connectivity index (χ2n) is 5.28. The highest BCUT2D eigenvalue weighted by Gasteiger charge is 2.43. The lowest BCUT2D eigenvalue weighted by Crippen LogP contribution is -2.58. The highest BCUT2D eigenvalue weighted by molar-refractivity contribution is 5.86. The normalized spacial score (nSPS) is 26.4. The number of carbonyl (C=O) groups is 2. The van der Waals surface area contributed by atoms with Crippen molar-refractivity contribution in [1.82, 2.24) is 15.5 Å². The maximum absolute atomic E-state index is 11.7. The van der Waals surface area contributed by atoms with Crippen LogP contribution in [0.5, 0.6) is 0 Å². The van der Waals surface area contributed by atoms with Crippen molar-refractivity contribution in [3.8, 4) is 0 Å². The van der Waals surface area contributed by atoms with Crippen LogP contribution in [0.15, 0.2) is 0 Å². The van der Waals surface area contributed by atoms with Gasteiger partial charge in [0.05, 0.1) is 6.61 Å². The summed E-state index contributed by atoms with van der Waals surface area (Å²) >= 11 is 0.